The van der Waals surface area contributed by atoms with Gasteiger partial charge in [-0.15, -0.1) is 0 Å². The first-order valence-corrected chi connectivity index (χ1v) is 9.07. The molecule has 2 aliphatic rings. The largest absolute Gasteiger partial charge is 0.349 e. The Morgan fingerprint density at radius 2 is 1.88 bits per heavy atom. The van der Waals surface area contributed by atoms with Gasteiger partial charge in [0.1, 0.15) is 6.33 Å². The molecule has 25 heavy (non-hydrogen) atoms. The predicted molar refractivity (Wildman–Crippen MR) is 94.4 cm³/mol. The van der Waals surface area contributed by atoms with Crippen molar-refractivity contribution in [1.82, 2.24) is 19.9 Å². The molecule has 1 aliphatic heterocycles. The zero-order valence-electron chi connectivity index (χ0n) is 14.2. The number of carbonyl (C=O) groups excluding carboxylic acids is 1. The minimum atomic E-state index is -0.0728. The third kappa shape index (κ3) is 3.08. The lowest BCUT2D eigenvalue weighted by Gasteiger charge is -2.24. The monoisotopic (exact) mass is 338 g/mol. The summed E-state index contributed by atoms with van der Waals surface area (Å²) in [5.74, 6) is -0.0728. The van der Waals surface area contributed by atoms with Crippen LogP contribution in [0.25, 0.3) is 11.1 Å². The van der Waals surface area contributed by atoms with Gasteiger partial charge in [0, 0.05) is 47.9 Å². The molecule has 0 radical (unpaired) electrons. The van der Waals surface area contributed by atoms with Crippen LogP contribution >= 0.6 is 0 Å². The fourth-order valence-electron chi connectivity index (χ4n) is 4.03. The van der Waals surface area contributed by atoms with Crippen molar-refractivity contribution in [3.63, 3.8) is 0 Å². The summed E-state index contributed by atoms with van der Waals surface area (Å²) in [5.41, 5.74) is 2.77. The summed E-state index contributed by atoms with van der Waals surface area (Å²) in [7, 11) is 0. The molecule has 0 unspecified atom stereocenters. The lowest BCUT2D eigenvalue weighted by atomic mass is 9.94. The van der Waals surface area contributed by atoms with Gasteiger partial charge in [0.15, 0.2) is 0 Å². The number of aromatic nitrogens is 3. The molecule has 0 spiro atoms. The minimum absolute atomic E-state index is 0.0550. The third-order valence-corrected chi connectivity index (χ3v) is 5.25. The molecule has 1 fully saturated rings. The standard InChI is InChI=1S/C19H22N4O2/c24-17-9-15(13-10-20-12-21-11-13)18(16-7-4-8-23(16)17)19(25)22-14-5-2-1-3-6-14/h9-12,14H,1-8H2,(H,22,25). The number of rotatable bonds is 3. The van der Waals surface area contributed by atoms with Gasteiger partial charge in [-0.05, 0) is 25.7 Å². The Kier molecular flexibility index (Phi) is 4.34. The van der Waals surface area contributed by atoms with Gasteiger partial charge in [-0.25, -0.2) is 9.97 Å². The van der Waals surface area contributed by atoms with E-state index in [4.69, 9.17) is 0 Å². The molecule has 2 aromatic rings. The predicted octanol–water partition coefficient (Wildman–Crippen LogP) is 2.31. The average Bonchev–Trinajstić information content (AvgIpc) is 3.13. The minimum Gasteiger partial charge on any atom is -0.349 e. The van der Waals surface area contributed by atoms with Crippen LogP contribution in [0.4, 0.5) is 0 Å². The van der Waals surface area contributed by atoms with Gasteiger partial charge in [-0.2, -0.15) is 0 Å². The van der Waals surface area contributed by atoms with Crippen molar-refractivity contribution in [2.24, 2.45) is 0 Å². The van der Waals surface area contributed by atoms with Gasteiger partial charge < -0.3 is 9.88 Å². The van der Waals surface area contributed by atoms with E-state index < -0.39 is 0 Å². The van der Waals surface area contributed by atoms with Crippen LogP contribution in [0.15, 0.2) is 29.6 Å². The lowest BCUT2D eigenvalue weighted by molar-refractivity contribution is 0.0927. The Labute approximate surface area is 146 Å². The number of carbonyl (C=O) groups is 1. The maximum Gasteiger partial charge on any atom is 0.253 e. The van der Waals surface area contributed by atoms with E-state index >= 15 is 0 Å². The molecule has 1 N–H and O–H groups in total. The summed E-state index contributed by atoms with van der Waals surface area (Å²) in [6.45, 7) is 0.684. The van der Waals surface area contributed by atoms with Crippen LogP contribution < -0.4 is 10.9 Å². The number of pyridine rings is 1. The Balaban J connectivity index is 1.78. The van der Waals surface area contributed by atoms with Crippen molar-refractivity contribution in [1.29, 1.82) is 0 Å². The van der Waals surface area contributed by atoms with Crippen molar-refractivity contribution in [3.8, 4) is 11.1 Å². The van der Waals surface area contributed by atoms with Crippen LogP contribution in [0.3, 0.4) is 0 Å². The van der Waals surface area contributed by atoms with Gasteiger partial charge in [0.05, 0.1) is 5.56 Å². The van der Waals surface area contributed by atoms with Crippen LogP contribution in [0.1, 0.15) is 54.6 Å². The van der Waals surface area contributed by atoms with Crippen LogP contribution in [-0.4, -0.2) is 26.5 Å². The first kappa shape index (κ1) is 16.0. The van der Waals surface area contributed by atoms with E-state index in [1.54, 1.807) is 23.0 Å². The number of amides is 1. The van der Waals surface area contributed by atoms with Crippen molar-refractivity contribution in [3.05, 3.63) is 46.4 Å². The van der Waals surface area contributed by atoms with Crippen LogP contribution in [-0.2, 0) is 13.0 Å². The molecule has 4 rings (SSSR count). The molecule has 1 saturated carbocycles. The van der Waals surface area contributed by atoms with Crippen LogP contribution in [0.2, 0.25) is 0 Å². The molecule has 2 aromatic heterocycles. The summed E-state index contributed by atoms with van der Waals surface area (Å²) >= 11 is 0. The van der Waals surface area contributed by atoms with Crippen molar-refractivity contribution in [2.45, 2.75) is 57.5 Å². The normalized spacial score (nSPS) is 17.3. The molecule has 6 nitrogen and oxygen atoms in total. The van der Waals surface area contributed by atoms with E-state index in [1.807, 2.05) is 0 Å². The molecule has 3 heterocycles. The number of hydrogen-bond donors (Lipinski definition) is 1. The maximum atomic E-state index is 13.1. The maximum absolute atomic E-state index is 13.1. The second-order valence-corrected chi connectivity index (χ2v) is 6.91. The van der Waals surface area contributed by atoms with E-state index in [1.165, 1.54) is 12.7 Å². The second-order valence-electron chi connectivity index (χ2n) is 6.91. The fourth-order valence-corrected chi connectivity index (χ4v) is 4.03. The topological polar surface area (TPSA) is 76.9 Å². The average molecular weight is 338 g/mol. The Morgan fingerprint density at radius 1 is 1.12 bits per heavy atom. The zero-order valence-corrected chi connectivity index (χ0v) is 14.2. The SMILES string of the molecule is O=C(NC1CCCCC1)c1c(-c2cncnc2)cc(=O)n2c1CCC2. The van der Waals surface area contributed by atoms with Gasteiger partial charge in [-0.1, -0.05) is 19.3 Å². The summed E-state index contributed by atoms with van der Waals surface area (Å²) < 4.78 is 1.74. The number of nitrogens with zero attached hydrogens (tertiary/aromatic N) is 3. The zero-order chi connectivity index (χ0) is 17.2. The molecule has 6 heteroatoms. The number of fused-ring (bicyclic) bond motifs is 1. The third-order valence-electron chi connectivity index (χ3n) is 5.25. The Bertz CT molecular complexity index is 838. The van der Waals surface area contributed by atoms with Gasteiger partial charge in [0.25, 0.3) is 11.5 Å². The van der Waals surface area contributed by atoms with Crippen molar-refractivity contribution < 1.29 is 4.79 Å². The molecule has 1 amide bonds. The van der Waals surface area contributed by atoms with Crippen LogP contribution in [0.5, 0.6) is 0 Å². The molecular weight excluding hydrogens is 316 g/mol. The highest BCUT2D eigenvalue weighted by Gasteiger charge is 2.27. The van der Waals surface area contributed by atoms with E-state index in [9.17, 15) is 9.59 Å². The van der Waals surface area contributed by atoms with E-state index in [0.717, 1.165) is 44.2 Å². The first-order chi connectivity index (χ1) is 12.2. The molecule has 1 aliphatic carbocycles. The fraction of sp³-hybridized carbons (Fsp3) is 0.474. The molecule has 0 atom stereocenters. The summed E-state index contributed by atoms with van der Waals surface area (Å²) in [6, 6.07) is 1.79. The number of nitrogens with one attached hydrogen (secondary N) is 1. The summed E-state index contributed by atoms with van der Waals surface area (Å²) in [5, 5.41) is 3.20. The smallest absolute Gasteiger partial charge is 0.253 e. The summed E-state index contributed by atoms with van der Waals surface area (Å²) in [4.78, 5) is 33.7. The first-order valence-electron chi connectivity index (χ1n) is 9.07. The van der Waals surface area contributed by atoms with E-state index in [0.29, 0.717) is 23.2 Å². The molecular formula is C19H22N4O2. The van der Waals surface area contributed by atoms with Crippen LogP contribution in [0, 0.1) is 0 Å². The van der Waals surface area contributed by atoms with E-state index in [-0.39, 0.29) is 17.5 Å². The molecule has 0 aromatic carbocycles. The molecule has 0 bridgehead atoms. The highest BCUT2D eigenvalue weighted by atomic mass is 16.2. The van der Waals surface area contributed by atoms with Crippen molar-refractivity contribution in [2.75, 3.05) is 0 Å². The molecule has 0 saturated heterocycles. The second kappa shape index (κ2) is 6.78. The van der Waals surface area contributed by atoms with Crippen molar-refractivity contribution >= 4 is 5.91 Å². The summed E-state index contributed by atoms with van der Waals surface area (Å²) in [6.07, 6.45) is 12.1. The lowest BCUT2D eigenvalue weighted by Crippen LogP contribution is -2.38. The van der Waals surface area contributed by atoms with Gasteiger partial charge >= 0.3 is 0 Å². The van der Waals surface area contributed by atoms with Gasteiger partial charge in [-0.3, -0.25) is 9.59 Å². The Hall–Kier alpha value is -2.50. The Morgan fingerprint density at radius 3 is 2.64 bits per heavy atom. The highest BCUT2D eigenvalue weighted by molar-refractivity contribution is 6.02. The van der Waals surface area contributed by atoms with Gasteiger partial charge in [0.2, 0.25) is 0 Å². The molecule has 130 valence electrons. The highest BCUT2D eigenvalue weighted by Crippen LogP contribution is 2.28. The quantitative estimate of drug-likeness (QED) is 0.932. The number of hydrogen-bond acceptors (Lipinski definition) is 4. The van der Waals surface area contributed by atoms with E-state index in [2.05, 4.69) is 15.3 Å².